The number of rotatable bonds is 5. The third-order valence-electron chi connectivity index (χ3n) is 3.83. The highest BCUT2D eigenvalue weighted by atomic mass is 32.2. The Bertz CT molecular complexity index is 681. The third kappa shape index (κ3) is 4.46. The summed E-state index contributed by atoms with van der Waals surface area (Å²) in [6.45, 7) is 1.76. The first kappa shape index (κ1) is 18.7. The number of carbonyl (C=O) groups is 1. The summed E-state index contributed by atoms with van der Waals surface area (Å²) in [6.07, 6.45) is -4.31. The number of benzene rings is 1. The number of carbonyl (C=O) groups excluding carboxylic acids is 1. The van der Waals surface area contributed by atoms with Crippen LogP contribution in [0.25, 0.3) is 0 Å². The lowest BCUT2D eigenvalue weighted by atomic mass is 10.2. The van der Waals surface area contributed by atoms with Crippen LogP contribution in [-0.4, -0.2) is 56.3 Å². The van der Waals surface area contributed by atoms with Gasteiger partial charge in [-0.1, -0.05) is 0 Å². The fraction of sp³-hybridized carbons (Fsp3) is 0.500. The zero-order chi connectivity index (χ0) is 18.0. The van der Waals surface area contributed by atoms with E-state index in [1.54, 1.807) is 0 Å². The van der Waals surface area contributed by atoms with Crippen LogP contribution in [0.4, 0.5) is 13.2 Å². The zero-order valence-electron chi connectivity index (χ0n) is 12.8. The molecule has 2 rings (SSSR count). The number of primary amides is 1. The summed E-state index contributed by atoms with van der Waals surface area (Å²) in [4.78, 5) is 12.5. The van der Waals surface area contributed by atoms with Crippen LogP contribution in [0.5, 0.6) is 0 Å². The molecule has 1 aliphatic rings. The first-order valence-electron chi connectivity index (χ1n) is 7.29. The highest BCUT2D eigenvalue weighted by molar-refractivity contribution is 7.89. The SMILES string of the molecule is NC(=O)CCN1CCN(S(=O)(=O)c2ccc(C(F)(F)F)cc2)CC1. The predicted molar refractivity (Wildman–Crippen MR) is 80.5 cm³/mol. The van der Waals surface area contributed by atoms with E-state index in [1.165, 1.54) is 4.31 Å². The Morgan fingerprint density at radius 3 is 2.08 bits per heavy atom. The molecule has 134 valence electrons. The molecule has 1 fully saturated rings. The van der Waals surface area contributed by atoms with E-state index in [1.807, 2.05) is 4.90 Å². The molecule has 2 N–H and O–H groups in total. The Morgan fingerprint density at radius 2 is 1.62 bits per heavy atom. The highest BCUT2D eigenvalue weighted by Crippen LogP contribution is 2.30. The van der Waals surface area contributed by atoms with Crippen molar-refractivity contribution in [2.75, 3.05) is 32.7 Å². The number of hydrogen-bond donors (Lipinski definition) is 1. The summed E-state index contributed by atoms with van der Waals surface area (Å²) in [5, 5.41) is 0. The maximum absolute atomic E-state index is 12.5. The summed E-state index contributed by atoms with van der Waals surface area (Å²) in [5.74, 6) is -0.421. The molecule has 0 unspecified atom stereocenters. The number of amides is 1. The molecule has 1 aromatic carbocycles. The Kier molecular flexibility index (Phi) is 5.51. The first-order valence-corrected chi connectivity index (χ1v) is 8.73. The summed E-state index contributed by atoms with van der Waals surface area (Å²) in [7, 11) is -3.83. The lowest BCUT2D eigenvalue weighted by molar-refractivity contribution is -0.137. The van der Waals surface area contributed by atoms with Gasteiger partial charge >= 0.3 is 6.18 Å². The van der Waals surface area contributed by atoms with Gasteiger partial charge in [-0.3, -0.25) is 4.79 Å². The molecule has 0 aromatic heterocycles. The molecule has 6 nitrogen and oxygen atoms in total. The summed E-state index contributed by atoms with van der Waals surface area (Å²) in [6, 6.07) is 3.46. The minimum atomic E-state index is -4.51. The number of nitrogens with two attached hydrogens (primary N) is 1. The number of alkyl halides is 3. The van der Waals surface area contributed by atoms with Crippen LogP contribution in [0, 0.1) is 0 Å². The van der Waals surface area contributed by atoms with Crippen LogP contribution >= 0.6 is 0 Å². The number of piperazine rings is 1. The molecule has 24 heavy (non-hydrogen) atoms. The molecule has 0 atom stereocenters. The monoisotopic (exact) mass is 365 g/mol. The van der Waals surface area contributed by atoms with E-state index in [0.717, 1.165) is 24.3 Å². The van der Waals surface area contributed by atoms with Crippen molar-refractivity contribution in [1.82, 2.24) is 9.21 Å². The quantitative estimate of drug-likeness (QED) is 0.840. The van der Waals surface area contributed by atoms with E-state index < -0.39 is 27.7 Å². The van der Waals surface area contributed by atoms with Gasteiger partial charge in [-0.15, -0.1) is 0 Å². The van der Waals surface area contributed by atoms with Gasteiger partial charge in [0.05, 0.1) is 10.5 Å². The fourth-order valence-corrected chi connectivity index (χ4v) is 3.85. The van der Waals surface area contributed by atoms with Gasteiger partial charge < -0.3 is 10.6 Å². The number of sulfonamides is 1. The molecule has 1 aromatic rings. The van der Waals surface area contributed by atoms with Crippen LogP contribution in [0.15, 0.2) is 29.2 Å². The molecule has 0 radical (unpaired) electrons. The molecule has 1 amide bonds. The van der Waals surface area contributed by atoms with Crippen molar-refractivity contribution in [2.24, 2.45) is 5.73 Å². The molecule has 1 saturated heterocycles. The molecule has 1 aliphatic heterocycles. The van der Waals surface area contributed by atoms with Gasteiger partial charge in [-0.2, -0.15) is 17.5 Å². The van der Waals surface area contributed by atoms with E-state index in [2.05, 4.69) is 0 Å². The van der Waals surface area contributed by atoms with E-state index >= 15 is 0 Å². The highest BCUT2D eigenvalue weighted by Gasteiger charge is 2.32. The maximum atomic E-state index is 12.5. The predicted octanol–water partition coefficient (Wildman–Crippen LogP) is 0.887. The molecular formula is C14H18F3N3O3S. The van der Waals surface area contributed by atoms with Gasteiger partial charge in [0, 0.05) is 39.1 Å². The average Bonchev–Trinajstić information content (AvgIpc) is 2.52. The van der Waals surface area contributed by atoms with Crippen molar-refractivity contribution in [3.63, 3.8) is 0 Å². The fourth-order valence-electron chi connectivity index (χ4n) is 2.43. The number of hydrogen-bond acceptors (Lipinski definition) is 4. The van der Waals surface area contributed by atoms with Gasteiger partial charge in [-0.05, 0) is 24.3 Å². The van der Waals surface area contributed by atoms with Crippen molar-refractivity contribution in [3.05, 3.63) is 29.8 Å². The van der Waals surface area contributed by atoms with Crippen LogP contribution in [0.2, 0.25) is 0 Å². The summed E-state index contributed by atoms with van der Waals surface area (Å²) < 4.78 is 63.8. The second-order valence-corrected chi connectivity index (χ2v) is 7.42. The second-order valence-electron chi connectivity index (χ2n) is 5.48. The van der Waals surface area contributed by atoms with Gasteiger partial charge in [-0.25, -0.2) is 8.42 Å². The van der Waals surface area contributed by atoms with Gasteiger partial charge in [0.15, 0.2) is 0 Å². The minimum Gasteiger partial charge on any atom is -0.370 e. The van der Waals surface area contributed by atoms with E-state index in [4.69, 9.17) is 5.73 Å². The Hall–Kier alpha value is -1.65. The lowest BCUT2D eigenvalue weighted by Gasteiger charge is -2.33. The second kappa shape index (κ2) is 7.08. The Balaban J connectivity index is 2.02. The van der Waals surface area contributed by atoms with E-state index in [-0.39, 0.29) is 24.4 Å². The smallest absolute Gasteiger partial charge is 0.370 e. The molecule has 0 bridgehead atoms. The standard InChI is InChI=1S/C14H18F3N3O3S/c15-14(16,17)11-1-3-12(4-2-11)24(22,23)20-9-7-19(8-10-20)6-5-13(18)21/h1-4H,5-10H2,(H2,18,21). The number of halogens is 3. The molecule has 0 saturated carbocycles. The van der Waals surface area contributed by atoms with E-state index in [0.29, 0.717) is 19.6 Å². The average molecular weight is 365 g/mol. The number of nitrogens with zero attached hydrogens (tertiary/aromatic N) is 2. The minimum absolute atomic E-state index is 0.166. The van der Waals surface area contributed by atoms with Crippen LogP contribution < -0.4 is 5.73 Å². The van der Waals surface area contributed by atoms with Crippen LogP contribution in [0.3, 0.4) is 0 Å². The summed E-state index contributed by atoms with van der Waals surface area (Å²) in [5.41, 5.74) is 4.18. The zero-order valence-corrected chi connectivity index (χ0v) is 13.6. The largest absolute Gasteiger partial charge is 0.416 e. The van der Waals surface area contributed by atoms with Gasteiger partial charge in [0.1, 0.15) is 0 Å². The Morgan fingerprint density at radius 1 is 1.08 bits per heavy atom. The van der Waals surface area contributed by atoms with Crippen molar-refractivity contribution in [2.45, 2.75) is 17.5 Å². The molecular weight excluding hydrogens is 347 g/mol. The molecule has 0 spiro atoms. The van der Waals surface area contributed by atoms with Crippen LogP contribution in [0.1, 0.15) is 12.0 Å². The van der Waals surface area contributed by atoms with Gasteiger partial charge in [0.25, 0.3) is 0 Å². The normalized spacial score (nSPS) is 17.8. The first-order chi connectivity index (χ1) is 11.1. The van der Waals surface area contributed by atoms with Crippen LogP contribution in [-0.2, 0) is 21.0 Å². The Labute approximate surface area is 138 Å². The topological polar surface area (TPSA) is 83.7 Å². The summed E-state index contributed by atoms with van der Waals surface area (Å²) >= 11 is 0. The molecule has 1 heterocycles. The molecule has 10 heteroatoms. The van der Waals surface area contributed by atoms with Crippen molar-refractivity contribution in [1.29, 1.82) is 0 Å². The van der Waals surface area contributed by atoms with E-state index in [9.17, 15) is 26.4 Å². The van der Waals surface area contributed by atoms with Crippen molar-refractivity contribution in [3.8, 4) is 0 Å². The lowest BCUT2D eigenvalue weighted by Crippen LogP contribution is -2.49. The maximum Gasteiger partial charge on any atom is 0.416 e. The van der Waals surface area contributed by atoms with Crippen molar-refractivity contribution < 1.29 is 26.4 Å². The van der Waals surface area contributed by atoms with Gasteiger partial charge in [0.2, 0.25) is 15.9 Å². The molecule has 0 aliphatic carbocycles. The van der Waals surface area contributed by atoms with Crippen molar-refractivity contribution >= 4 is 15.9 Å². The third-order valence-corrected chi connectivity index (χ3v) is 5.74.